The monoisotopic (exact) mass is 261 g/mol. The molecule has 2 nitrogen and oxygen atoms in total. The van der Waals surface area contributed by atoms with Gasteiger partial charge in [0.05, 0.1) is 12.2 Å². The number of fused-ring (bicyclic) bond motifs is 2. The van der Waals surface area contributed by atoms with Crippen LogP contribution in [0.25, 0.3) is 0 Å². The largest absolute Gasteiger partial charge is 0.372 e. The molecule has 0 radical (unpaired) electrons. The van der Waals surface area contributed by atoms with Gasteiger partial charge in [-0.05, 0) is 18.3 Å². The summed E-state index contributed by atoms with van der Waals surface area (Å²) in [4.78, 5) is 2.58. The van der Waals surface area contributed by atoms with Crippen LogP contribution < -0.4 is 0 Å². The van der Waals surface area contributed by atoms with Gasteiger partial charge in [0, 0.05) is 25.0 Å². The van der Waals surface area contributed by atoms with Crippen molar-refractivity contribution in [3.8, 4) is 0 Å². The molecule has 14 heavy (non-hydrogen) atoms. The third-order valence-corrected chi connectivity index (χ3v) is 4.65. The average Bonchev–Trinajstić information content (AvgIpc) is 2.45. The number of alkyl halides is 1. The molecule has 0 N–H and O–H groups in total. The van der Waals surface area contributed by atoms with Crippen LogP contribution in [0.5, 0.6) is 0 Å². The quantitative estimate of drug-likeness (QED) is 0.723. The van der Waals surface area contributed by atoms with E-state index < -0.39 is 0 Å². The minimum absolute atomic E-state index is 0.386. The normalized spacial score (nSPS) is 33.6. The maximum absolute atomic E-state index is 5.82. The maximum atomic E-state index is 5.82. The Balaban J connectivity index is 1.88. The molecule has 0 aliphatic carbocycles. The van der Waals surface area contributed by atoms with Crippen LogP contribution in [-0.2, 0) is 4.74 Å². The Kier molecular flexibility index (Phi) is 3.20. The zero-order valence-electron chi connectivity index (χ0n) is 9.13. The maximum Gasteiger partial charge on any atom is 0.0707 e. The lowest BCUT2D eigenvalue weighted by Crippen LogP contribution is -2.46. The molecule has 2 saturated heterocycles. The Bertz CT molecular complexity index is 195. The SMILES string of the molecule is CC(C)(CBr)CN1CC2CCC(C1)O2. The number of rotatable bonds is 3. The van der Waals surface area contributed by atoms with Gasteiger partial charge in [-0.25, -0.2) is 0 Å². The average molecular weight is 262 g/mol. The molecule has 82 valence electrons. The second kappa shape index (κ2) is 4.11. The van der Waals surface area contributed by atoms with Gasteiger partial charge in [-0.1, -0.05) is 29.8 Å². The van der Waals surface area contributed by atoms with E-state index in [1.165, 1.54) is 19.4 Å². The summed E-state index contributed by atoms with van der Waals surface area (Å²) >= 11 is 3.59. The first-order chi connectivity index (χ1) is 6.59. The molecule has 2 fully saturated rings. The first kappa shape index (κ1) is 10.9. The highest BCUT2D eigenvalue weighted by molar-refractivity contribution is 9.09. The van der Waals surface area contributed by atoms with E-state index in [0.29, 0.717) is 17.6 Å². The Labute approximate surface area is 95.1 Å². The van der Waals surface area contributed by atoms with Gasteiger partial charge in [-0.2, -0.15) is 0 Å². The van der Waals surface area contributed by atoms with E-state index in [1.54, 1.807) is 0 Å². The predicted octanol–water partition coefficient (Wildman–Crippen LogP) is 2.27. The van der Waals surface area contributed by atoms with Crippen LogP contribution in [0.3, 0.4) is 0 Å². The van der Waals surface area contributed by atoms with E-state index in [9.17, 15) is 0 Å². The minimum Gasteiger partial charge on any atom is -0.372 e. The van der Waals surface area contributed by atoms with Gasteiger partial charge in [0.25, 0.3) is 0 Å². The van der Waals surface area contributed by atoms with E-state index in [-0.39, 0.29) is 0 Å². The molecule has 0 aromatic carbocycles. The molecule has 2 aliphatic rings. The number of hydrogen-bond donors (Lipinski definition) is 0. The summed E-state index contributed by atoms with van der Waals surface area (Å²) in [7, 11) is 0. The van der Waals surface area contributed by atoms with E-state index in [1.807, 2.05) is 0 Å². The van der Waals surface area contributed by atoms with Crippen molar-refractivity contribution in [3.63, 3.8) is 0 Å². The van der Waals surface area contributed by atoms with Crippen molar-refractivity contribution >= 4 is 15.9 Å². The number of likely N-dealkylation sites (tertiary alicyclic amines) is 1. The van der Waals surface area contributed by atoms with Gasteiger partial charge in [0.2, 0.25) is 0 Å². The first-order valence-corrected chi connectivity index (χ1v) is 6.65. The van der Waals surface area contributed by atoms with E-state index in [4.69, 9.17) is 4.74 Å². The molecule has 0 amide bonds. The third kappa shape index (κ3) is 2.50. The molecule has 0 spiro atoms. The van der Waals surface area contributed by atoms with Crippen molar-refractivity contribution < 1.29 is 4.74 Å². The molecule has 3 heteroatoms. The lowest BCUT2D eigenvalue weighted by Gasteiger charge is -2.37. The summed E-state index contributed by atoms with van der Waals surface area (Å²) in [6, 6.07) is 0. The van der Waals surface area contributed by atoms with Crippen molar-refractivity contribution in [2.45, 2.75) is 38.9 Å². The van der Waals surface area contributed by atoms with Gasteiger partial charge in [0.1, 0.15) is 0 Å². The number of hydrogen-bond acceptors (Lipinski definition) is 2. The predicted molar refractivity (Wildman–Crippen MR) is 61.9 cm³/mol. The zero-order chi connectivity index (χ0) is 10.2. The molecule has 0 aromatic heterocycles. The standard InChI is InChI=1S/C11H20BrNO/c1-11(2,7-12)8-13-5-9-3-4-10(6-13)14-9/h9-10H,3-8H2,1-2H3. The fraction of sp³-hybridized carbons (Fsp3) is 1.00. The van der Waals surface area contributed by atoms with Crippen molar-refractivity contribution in [2.75, 3.05) is 25.0 Å². The molecular formula is C11H20BrNO. The molecular weight excluding hydrogens is 242 g/mol. The zero-order valence-corrected chi connectivity index (χ0v) is 10.7. The summed E-state index contributed by atoms with van der Waals surface area (Å²) in [5.74, 6) is 0. The van der Waals surface area contributed by atoms with Crippen LogP contribution in [0.1, 0.15) is 26.7 Å². The van der Waals surface area contributed by atoms with Gasteiger partial charge in [0.15, 0.2) is 0 Å². The summed E-state index contributed by atoms with van der Waals surface area (Å²) in [6.45, 7) is 8.12. The van der Waals surface area contributed by atoms with Crippen LogP contribution in [0.2, 0.25) is 0 Å². The Morgan fingerprint density at radius 1 is 1.29 bits per heavy atom. The molecule has 2 bridgehead atoms. The Hall–Kier alpha value is 0.400. The summed E-state index contributed by atoms with van der Waals surface area (Å²) < 4.78 is 5.82. The summed E-state index contributed by atoms with van der Waals surface area (Å²) in [5.41, 5.74) is 0.386. The van der Waals surface area contributed by atoms with Crippen LogP contribution in [0, 0.1) is 5.41 Å². The van der Waals surface area contributed by atoms with E-state index >= 15 is 0 Å². The van der Waals surface area contributed by atoms with Gasteiger partial charge < -0.3 is 4.74 Å². The van der Waals surface area contributed by atoms with Crippen LogP contribution in [0.4, 0.5) is 0 Å². The van der Waals surface area contributed by atoms with Crippen molar-refractivity contribution in [3.05, 3.63) is 0 Å². The number of nitrogens with zero attached hydrogens (tertiary/aromatic N) is 1. The van der Waals surface area contributed by atoms with E-state index in [2.05, 4.69) is 34.7 Å². The van der Waals surface area contributed by atoms with Crippen molar-refractivity contribution in [1.29, 1.82) is 0 Å². The minimum atomic E-state index is 0.386. The summed E-state index contributed by atoms with van der Waals surface area (Å²) in [5, 5.41) is 1.08. The second-order valence-corrected chi connectivity index (χ2v) is 6.01. The number of halogens is 1. The van der Waals surface area contributed by atoms with Gasteiger partial charge in [-0.3, -0.25) is 4.90 Å². The molecule has 2 atom stereocenters. The number of ether oxygens (including phenoxy) is 1. The third-order valence-electron chi connectivity index (χ3n) is 3.13. The van der Waals surface area contributed by atoms with Crippen LogP contribution in [0.15, 0.2) is 0 Å². The highest BCUT2D eigenvalue weighted by Crippen LogP contribution is 2.29. The Morgan fingerprint density at radius 3 is 2.36 bits per heavy atom. The fourth-order valence-corrected chi connectivity index (χ4v) is 2.65. The lowest BCUT2D eigenvalue weighted by atomic mass is 9.95. The van der Waals surface area contributed by atoms with Crippen LogP contribution in [-0.4, -0.2) is 42.1 Å². The number of morpholine rings is 1. The molecule has 0 aromatic rings. The van der Waals surface area contributed by atoms with Gasteiger partial charge in [-0.15, -0.1) is 0 Å². The highest BCUT2D eigenvalue weighted by atomic mass is 79.9. The first-order valence-electron chi connectivity index (χ1n) is 5.53. The molecule has 2 heterocycles. The van der Waals surface area contributed by atoms with Crippen molar-refractivity contribution in [2.24, 2.45) is 5.41 Å². The van der Waals surface area contributed by atoms with E-state index in [0.717, 1.165) is 18.4 Å². The fourth-order valence-electron chi connectivity index (χ4n) is 2.48. The topological polar surface area (TPSA) is 12.5 Å². The van der Waals surface area contributed by atoms with Crippen LogP contribution >= 0.6 is 15.9 Å². The molecule has 2 aliphatic heterocycles. The Morgan fingerprint density at radius 2 is 1.86 bits per heavy atom. The highest BCUT2D eigenvalue weighted by Gasteiger charge is 2.35. The second-order valence-electron chi connectivity index (χ2n) is 5.45. The molecule has 2 rings (SSSR count). The smallest absolute Gasteiger partial charge is 0.0707 e. The van der Waals surface area contributed by atoms with Crippen molar-refractivity contribution in [1.82, 2.24) is 4.90 Å². The summed E-state index contributed by atoms with van der Waals surface area (Å²) in [6.07, 6.45) is 3.60. The lowest BCUT2D eigenvalue weighted by molar-refractivity contribution is -0.0461. The van der Waals surface area contributed by atoms with Gasteiger partial charge >= 0.3 is 0 Å². The molecule has 0 saturated carbocycles. The molecule has 2 unspecified atom stereocenters.